The molecule has 1 atom stereocenters. The van der Waals surface area contributed by atoms with Crippen molar-refractivity contribution in [3.63, 3.8) is 0 Å². The first-order valence-corrected chi connectivity index (χ1v) is 6.82. The molecule has 1 saturated heterocycles. The molecule has 0 bridgehead atoms. The van der Waals surface area contributed by atoms with Gasteiger partial charge in [0, 0.05) is 23.2 Å². The van der Waals surface area contributed by atoms with E-state index < -0.39 is 0 Å². The highest BCUT2D eigenvalue weighted by Gasteiger charge is 2.14. The average molecular weight is 267 g/mol. The van der Waals surface area contributed by atoms with Gasteiger partial charge in [-0.2, -0.15) is 0 Å². The van der Waals surface area contributed by atoms with Gasteiger partial charge >= 0.3 is 0 Å². The van der Waals surface area contributed by atoms with E-state index in [-0.39, 0.29) is 5.91 Å². The van der Waals surface area contributed by atoms with Crippen LogP contribution >= 0.6 is 11.6 Å². The molecule has 4 heteroatoms. The number of hydrogen-bond acceptors (Lipinski definition) is 2. The van der Waals surface area contributed by atoms with Crippen molar-refractivity contribution in [1.82, 2.24) is 10.6 Å². The number of halogens is 1. The fourth-order valence-electron chi connectivity index (χ4n) is 2.34. The van der Waals surface area contributed by atoms with Crippen LogP contribution in [-0.4, -0.2) is 25.0 Å². The first-order chi connectivity index (χ1) is 8.66. The summed E-state index contributed by atoms with van der Waals surface area (Å²) in [6.45, 7) is 3.73. The minimum atomic E-state index is -0.0119. The SMILES string of the molecule is Cc1cc(Cl)ccc1C(=O)NCC[C@@H]1CCCN1. The molecule has 2 rings (SSSR count). The van der Waals surface area contributed by atoms with E-state index in [0.717, 1.165) is 25.1 Å². The molecule has 0 spiro atoms. The number of nitrogens with one attached hydrogen (secondary N) is 2. The van der Waals surface area contributed by atoms with Gasteiger partial charge in [-0.25, -0.2) is 0 Å². The predicted octanol–water partition coefficient (Wildman–Crippen LogP) is 2.52. The lowest BCUT2D eigenvalue weighted by Gasteiger charge is -2.11. The van der Waals surface area contributed by atoms with Crippen molar-refractivity contribution in [2.75, 3.05) is 13.1 Å². The van der Waals surface area contributed by atoms with Crippen LogP contribution in [0.2, 0.25) is 5.02 Å². The van der Waals surface area contributed by atoms with E-state index in [0.29, 0.717) is 16.6 Å². The number of aryl methyl sites for hydroxylation is 1. The molecular formula is C14H19ClN2O. The van der Waals surface area contributed by atoms with Crippen molar-refractivity contribution in [1.29, 1.82) is 0 Å². The van der Waals surface area contributed by atoms with Gasteiger partial charge in [-0.15, -0.1) is 0 Å². The van der Waals surface area contributed by atoms with Gasteiger partial charge in [-0.3, -0.25) is 4.79 Å². The molecule has 0 radical (unpaired) electrons. The Labute approximate surface area is 113 Å². The van der Waals surface area contributed by atoms with Crippen LogP contribution in [-0.2, 0) is 0 Å². The number of hydrogen-bond donors (Lipinski definition) is 2. The van der Waals surface area contributed by atoms with Crippen LogP contribution in [0.25, 0.3) is 0 Å². The van der Waals surface area contributed by atoms with Crippen LogP contribution in [0, 0.1) is 6.92 Å². The Morgan fingerprint density at radius 3 is 3.06 bits per heavy atom. The predicted molar refractivity (Wildman–Crippen MR) is 74.2 cm³/mol. The summed E-state index contributed by atoms with van der Waals surface area (Å²) in [5.41, 5.74) is 1.62. The maximum absolute atomic E-state index is 12.0. The molecule has 1 aliphatic rings. The lowest BCUT2D eigenvalue weighted by Crippen LogP contribution is -2.30. The smallest absolute Gasteiger partial charge is 0.251 e. The fourth-order valence-corrected chi connectivity index (χ4v) is 2.57. The third-order valence-electron chi connectivity index (χ3n) is 3.37. The summed E-state index contributed by atoms with van der Waals surface area (Å²) >= 11 is 5.87. The first-order valence-electron chi connectivity index (χ1n) is 6.44. The third-order valence-corrected chi connectivity index (χ3v) is 3.61. The van der Waals surface area contributed by atoms with E-state index in [2.05, 4.69) is 10.6 Å². The average Bonchev–Trinajstić information content (AvgIpc) is 2.81. The highest BCUT2D eigenvalue weighted by Crippen LogP contribution is 2.15. The van der Waals surface area contributed by atoms with Gasteiger partial charge in [0.05, 0.1) is 0 Å². The largest absolute Gasteiger partial charge is 0.352 e. The van der Waals surface area contributed by atoms with Crippen LogP contribution in [0.15, 0.2) is 18.2 Å². The molecule has 18 heavy (non-hydrogen) atoms. The maximum Gasteiger partial charge on any atom is 0.251 e. The van der Waals surface area contributed by atoms with Gasteiger partial charge in [0.2, 0.25) is 0 Å². The summed E-state index contributed by atoms with van der Waals surface area (Å²) in [6.07, 6.45) is 3.46. The maximum atomic E-state index is 12.0. The molecule has 1 heterocycles. The number of carbonyl (C=O) groups is 1. The first kappa shape index (κ1) is 13.4. The standard InChI is InChI=1S/C14H19ClN2O/c1-10-9-11(15)4-5-13(10)14(18)17-8-6-12-3-2-7-16-12/h4-5,9,12,16H,2-3,6-8H2,1H3,(H,17,18)/t12-/m0/s1. The highest BCUT2D eigenvalue weighted by atomic mass is 35.5. The Morgan fingerprint density at radius 2 is 2.39 bits per heavy atom. The van der Waals surface area contributed by atoms with Crippen molar-refractivity contribution < 1.29 is 4.79 Å². The Kier molecular flexibility index (Phi) is 4.61. The Balaban J connectivity index is 1.83. The zero-order chi connectivity index (χ0) is 13.0. The summed E-state index contributed by atoms with van der Waals surface area (Å²) in [7, 11) is 0. The molecule has 0 unspecified atom stereocenters. The molecule has 1 aromatic rings. The molecule has 1 aromatic carbocycles. The molecule has 0 aliphatic carbocycles. The zero-order valence-corrected chi connectivity index (χ0v) is 11.4. The molecule has 2 N–H and O–H groups in total. The van der Waals surface area contributed by atoms with E-state index >= 15 is 0 Å². The van der Waals surface area contributed by atoms with Gasteiger partial charge in [0.15, 0.2) is 0 Å². The van der Waals surface area contributed by atoms with Crippen molar-refractivity contribution in [3.8, 4) is 0 Å². The minimum Gasteiger partial charge on any atom is -0.352 e. The molecular weight excluding hydrogens is 248 g/mol. The highest BCUT2D eigenvalue weighted by molar-refractivity contribution is 6.30. The van der Waals surface area contributed by atoms with Gasteiger partial charge < -0.3 is 10.6 Å². The molecule has 0 aromatic heterocycles. The molecule has 0 saturated carbocycles. The lowest BCUT2D eigenvalue weighted by molar-refractivity contribution is 0.0951. The van der Waals surface area contributed by atoms with Gasteiger partial charge in [-0.05, 0) is 56.5 Å². The van der Waals surface area contributed by atoms with Gasteiger partial charge in [-0.1, -0.05) is 11.6 Å². The number of benzene rings is 1. The molecule has 1 aliphatic heterocycles. The quantitative estimate of drug-likeness (QED) is 0.879. The van der Waals surface area contributed by atoms with Crippen LogP contribution in [0.4, 0.5) is 0 Å². The van der Waals surface area contributed by atoms with E-state index in [1.807, 2.05) is 13.0 Å². The van der Waals surface area contributed by atoms with E-state index in [1.165, 1.54) is 12.8 Å². The molecule has 1 fully saturated rings. The summed E-state index contributed by atoms with van der Waals surface area (Å²) in [5.74, 6) is -0.0119. The Hall–Kier alpha value is -1.06. The minimum absolute atomic E-state index is 0.0119. The van der Waals surface area contributed by atoms with Crippen LogP contribution in [0.3, 0.4) is 0 Å². The molecule has 98 valence electrons. The second kappa shape index (κ2) is 6.21. The number of amides is 1. The fraction of sp³-hybridized carbons (Fsp3) is 0.500. The van der Waals surface area contributed by atoms with Crippen molar-refractivity contribution in [3.05, 3.63) is 34.3 Å². The number of rotatable bonds is 4. The zero-order valence-electron chi connectivity index (χ0n) is 10.6. The van der Waals surface area contributed by atoms with Crippen molar-refractivity contribution >= 4 is 17.5 Å². The molecule has 1 amide bonds. The van der Waals surface area contributed by atoms with E-state index in [9.17, 15) is 4.79 Å². The van der Waals surface area contributed by atoms with Gasteiger partial charge in [0.25, 0.3) is 5.91 Å². The van der Waals surface area contributed by atoms with E-state index in [4.69, 9.17) is 11.6 Å². The summed E-state index contributed by atoms with van der Waals surface area (Å²) in [5, 5.41) is 7.05. The normalized spacial score (nSPS) is 18.9. The summed E-state index contributed by atoms with van der Waals surface area (Å²) in [4.78, 5) is 12.0. The van der Waals surface area contributed by atoms with E-state index in [1.54, 1.807) is 12.1 Å². The van der Waals surface area contributed by atoms with Crippen LogP contribution < -0.4 is 10.6 Å². The lowest BCUT2D eigenvalue weighted by atomic mass is 10.1. The Morgan fingerprint density at radius 1 is 1.56 bits per heavy atom. The monoisotopic (exact) mass is 266 g/mol. The third kappa shape index (κ3) is 3.47. The Bertz CT molecular complexity index is 428. The number of carbonyl (C=O) groups excluding carboxylic acids is 1. The summed E-state index contributed by atoms with van der Waals surface area (Å²) in [6, 6.07) is 5.91. The summed E-state index contributed by atoms with van der Waals surface area (Å²) < 4.78 is 0. The van der Waals surface area contributed by atoms with Crippen LogP contribution in [0.5, 0.6) is 0 Å². The van der Waals surface area contributed by atoms with Crippen LogP contribution in [0.1, 0.15) is 35.2 Å². The molecule has 3 nitrogen and oxygen atoms in total. The second-order valence-electron chi connectivity index (χ2n) is 4.80. The topological polar surface area (TPSA) is 41.1 Å². The second-order valence-corrected chi connectivity index (χ2v) is 5.23. The van der Waals surface area contributed by atoms with Crippen molar-refractivity contribution in [2.45, 2.75) is 32.2 Å². The van der Waals surface area contributed by atoms with Crippen molar-refractivity contribution in [2.24, 2.45) is 0 Å². The van der Waals surface area contributed by atoms with Gasteiger partial charge in [0.1, 0.15) is 0 Å².